The Balaban J connectivity index is 1.22. The molecule has 4 rings (SSSR count). The van der Waals surface area contributed by atoms with Crippen LogP contribution in [0, 0.1) is 46.3 Å². The standard InChI is InChI=1S/C36H69N5O2/c1-25(2)41-33(43)12-9-26(3)29-10-11-30-34-31(14-16-36(29,30)5)35(4)15-13-28(23-27(35)24-32(34)42)40-22-8-21-39-20-7-19-38-18-6-17-37/h25-32,34,38-40,42H,6-24,37H2,1-5H3,(H,41,43)/t26-,27?,28+,29-,30?,31?,32+,34?,35+,36-/m1/s1. The molecule has 250 valence electrons. The number of hydrogen-bond donors (Lipinski definition) is 6. The molecule has 0 aromatic carbocycles. The van der Waals surface area contributed by atoms with Crippen LogP contribution in [0.5, 0.6) is 0 Å². The molecule has 7 heteroatoms. The summed E-state index contributed by atoms with van der Waals surface area (Å²) in [6.45, 7) is 17.8. The molecule has 0 aliphatic heterocycles. The fraction of sp³-hybridized carbons (Fsp3) is 0.972. The van der Waals surface area contributed by atoms with E-state index in [0.29, 0.717) is 58.8 Å². The summed E-state index contributed by atoms with van der Waals surface area (Å²) in [5.74, 6) is 3.85. The highest BCUT2D eigenvalue weighted by Gasteiger charge is 2.62. The topological polar surface area (TPSA) is 111 Å². The van der Waals surface area contributed by atoms with E-state index >= 15 is 0 Å². The van der Waals surface area contributed by atoms with E-state index in [4.69, 9.17) is 5.73 Å². The molecule has 0 saturated heterocycles. The molecule has 0 aromatic rings. The number of fused-ring (bicyclic) bond motifs is 5. The first-order valence-electron chi connectivity index (χ1n) is 18.4. The molecule has 7 nitrogen and oxygen atoms in total. The van der Waals surface area contributed by atoms with Crippen LogP contribution < -0.4 is 27.0 Å². The Kier molecular flexibility index (Phi) is 13.2. The first-order chi connectivity index (χ1) is 20.6. The van der Waals surface area contributed by atoms with Crippen LogP contribution in [0.25, 0.3) is 0 Å². The Bertz CT molecular complexity index is 855. The first kappa shape index (κ1) is 35.1. The van der Waals surface area contributed by atoms with Gasteiger partial charge in [0.15, 0.2) is 0 Å². The SMILES string of the molecule is CC(C)NC(=O)CC[C@@H](C)[C@H]1CCC2C3C(CC[C@@]21C)[C@@]1(C)CC[C@H](NCCCNCCCNCCCN)CC1C[C@@H]3O. The second-order valence-electron chi connectivity index (χ2n) is 16.0. The number of carbonyl (C=O) groups is 1. The molecule has 1 amide bonds. The van der Waals surface area contributed by atoms with Crippen molar-refractivity contribution in [3.8, 4) is 0 Å². The maximum atomic E-state index is 12.4. The number of aliphatic hydroxyl groups is 1. The first-order valence-corrected chi connectivity index (χ1v) is 18.4. The van der Waals surface area contributed by atoms with E-state index in [2.05, 4.69) is 42.0 Å². The van der Waals surface area contributed by atoms with Crippen LogP contribution in [-0.2, 0) is 4.79 Å². The predicted molar refractivity (Wildman–Crippen MR) is 179 cm³/mol. The second kappa shape index (κ2) is 16.2. The number of hydrogen-bond acceptors (Lipinski definition) is 6. The monoisotopic (exact) mass is 604 g/mol. The minimum absolute atomic E-state index is 0.147. The lowest BCUT2D eigenvalue weighted by Gasteiger charge is -2.62. The van der Waals surface area contributed by atoms with Gasteiger partial charge in [-0.25, -0.2) is 0 Å². The number of nitrogens with one attached hydrogen (secondary N) is 4. The predicted octanol–water partition coefficient (Wildman–Crippen LogP) is 4.82. The van der Waals surface area contributed by atoms with Crippen molar-refractivity contribution in [3.63, 3.8) is 0 Å². The molecule has 0 aromatic heterocycles. The Morgan fingerprint density at radius 1 is 0.860 bits per heavy atom. The fourth-order valence-corrected chi connectivity index (χ4v) is 10.7. The van der Waals surface area contributed by atoms with Crippen molar-refractivity contribution >= 4 is 5.91 Å². The zero-order valence-electron chi connectivity index (χ0n) is 28.6. The molecule has 4 saturated carbocycles. The van der Waals surface area contributed by atoms with Gasteiger partial charge in [0.05, 0.1) is 6.10 Å². The largest absolute Gasteiger partial charge is 0.393 e. The van der Waals surface area contributed by atoms with Crippen molar-refractivity contribution in [2.45, 2.75) is 136 Å². The van der Waals surface area contributed by atoms with E-state index in [1.165, 1.54) is 57.8 Å². The summed E-state index contributed by atoms with van der Waals surface area (Å²) in [6, 6.07) is 0.819. The Hall–Kier alpha value is -0.730. The van der Waals surface area contributed by atoms with Gasteiger partial charge < -0.3 is 32.1 Å². The van der Waals surface area contributed by atoms with Gasteiger partial charge in [0.1, 0.15) is 0 Å². The fourth-order valence-electron chi connectivity index (χ4n) is 10.7. The van der Waals surface area contributed by atoms with Crippen molar-refractivity contribution in [1.29, 1.82) is 0 Å². The number of aliphatic hydroxyl groups excluding tert-OH is 1. The molecule has 43 heavy (non-hydrogen) atoms. The summed E-state index contributed by atoms with van der Waals surface area (Å²) < 4.78 is 0. The van der Waals surface area contributed by atoms with E-state index in [0.717, 1.165) is 58.5 Å². The number of rotatable bonds is 17. The third kappa shape index (κ3) is 8.55. The van der Waals surface area contributed by atoms with E-state index < -0.39 is 0 Å². The third-order valence-corrected chi connectivity index (χ3v) is 12.9. The van der Waals surface area contributed by atoms with Crippen LogP contribution in [0.2, 0.25) is 0 Å². The zero-order valence-corrected chi connectivity index (χ0v) is 28.6. The molecule has 0 radical (unpaired) electrons. The molecular weight excluding hydrogens is 534 g/mol. The molecule has 0 heterocycles. The molecule has 4 unspecified atom stereocenters. The minimum atomic E-state index is -0.147. The summed E-state index contributed by atoms with van der Waals surface area (Å²) in [5, 5.41) is 25.8. The van der Waals surface area contributed by atoms with Crippen LogP contribution >= 0.6 is 0 Å². The summed E-state index contributed by atoms with van der Waals surface area (Å²) >= 11 is 0. The lowest BCUT2D eigenvalue weighted by atomic mass is 9.43. The van der Waals surface area contributed by atoms with Crippen LogP contribution in [-0.4, -0.2) is 68.5 Å². The molecule has 0 bridgehead atoms. The average Bonchev–Trinajstić information content (AvgIpc) is 3.32. The summed E-state index contributed by atoms with van der Waals surface area (Å²) in [6.07, 6.45) is 14.8. The Labute approximate surface area is 264 Å². The van der Waals surface area contributed by atoms with Gasteiger partial charge in [-0.2, -0.15) is 0 Å². The van der Waals surface area contributed by atoms with E-state index in [-0.39, 0.29) is 18.1 Å². The highest BCUT2D eigenvalue weighted by molar-refractivity contribution is 5.76. The quantitative estimate of drug-likeness (QED) is 0.133. The van der Waals surface area contributed by atoms with Gasteiger partial charge in [-0.05, 0) is 177 Å². The van der Waals surface area contributed by atoms with E-state index in [1.54, 1.807) is 0 Å². The van der Waals surface area contributed by atoms with Gasteiger partial charge in [0.25, 0.3) is 0 Å². The van der Waals surface area contributed by atoms with Crippen LogP contribution in [0.4, 0.5) is 0 Å². The van der Waals surface area contributed by atoms with Gasteiger partial charge >= 0.3 is 0 Å². The van der Waals surface area contributed by atoms with Crippen LogP contribution in [0.3, 0.4) is 0 Å². The number of amides is 1. The highest BCUT2D eigenvalue weighted by Crippen LogP contribution is 2.68. The molecule has 0 spiro atoms. The van der Waals surface area contributed by atoms with E-state index in [9.17, 15) is 9.90 Å². The summed E-state index contributed by atoms with van der Waals surface area (Å²) in [7, 11) is 0. The van der Waals surface area contributed by atoms with Gasteiger partial charge in [-0.1, -0.05) is 20.8 Å². The van der Waals surface area contributed by atoms with E-state index in [1.807, 2.05) is 13.8 Å². The van der Waals surface area contributed by atoms with Crippen molar-refractivity contribution in [3.05, 3.63) is 0 Å². The average molecular weight is 604 g/mol. The normalized spacial score (nSPS) is 37.9. The molecule has 4 fully saturated rings. The smallest absolute Gasteiger partial charge is 0.220 e. The van der Waals surface area contributed by atoms with Crippen LogP contribution in [0.1, 0.15) is 118 Å². The minimum Gasteiger partial charge on any atom is -0.393 e. The zero-order chi connectivity index (χ0) is 31.0. The highest BCUT2D eigenvalue weighted by atomic mass is 16.3. The Morgan fingerprint density at radius 2 is 1.51 bits per heavy atom. The van der Waals surface area contributed by atoms with Crippen molar-refractivity contribution in [2.24, 2.45) is 52.1 Å². The van der Waals surface area contributed by atoms with Crippen LogP contribution in [0.15, 0.2) is 0 Å². The van der Waals surface area contributed by atoms with Crippen molar-refractivity contribution < 1.29 is 9.90 Å². The molecule has 4 aliphatic rings. The Morgan fingerprint density at radius 3 is 2.21 bits per heavy atom. The summed E-state index contributed by atoms with van der Waals surface area (Å²) in [5.41, 5.74) is 6.23. The van der Waals surface area contributed by atoms with Crippen molar-refractivity contribution in [2.75, 3.05) is 39.3 Å². The summed E-state index contributed by atoms with van der Waals surface area (Å²) in [4.78, 5) is 12.4. The van der Waals surface area contributed by atoms with Crippen molar-refractivity contribution in [1.82, 2.24) is 21.3 Å². The number of carbonyl (C=O) groups excluding carboxylic acids is 1. The maximum Gasteiger partial charge on any atom is 0.220 e. The third-order valence-electron chi connectivity index (χ3n) is 12.9. The lowest BCUT2D eigenvalue weighted by molar-refractivity contribution is -0.167. The molecule has 10 atom stereocenters. The molecule has 4 aliphatic carbocycles. The molecule has 7 N–H and O–H groups in total. The second-order valence-corrected chi connectivity index (χ2v) is 16.0. The number of nitrogens with two attached hydrogens (primary N) is 1. The van der Waals surface area contributed by atoms with Gasteiger partial charge in [-0.15, -0.1) is 0 Å². The molecular formula is C36H69N5O2. The van der Waals surface area contributed by atoms with Gasteiger partial charge in [0.2, 0.25) is 5.91 Å². The van der Waals surface area contributed by atoms with Gasteiger partial charge in [-0.3, -0.25) is 4.79 Å². The maximum absolute atomic E-state index is 12.4. The lowest BCUT2D eigenvalue weighted by Crippen LogP contribution is -2.59. The van der Waals surface area contributed by atoms with Gasteiger partial charge in [0, 0.05) is 18.5 Å².